The van der Waals surface area contributed by atoms with Gasteiger partial charge in [-0.15, -0.1) is 0 Å². The Morgan fingerprint density at radius 3 is 2.96 bits per heavy atom. The molecule has 2 aromatic rings. The van der Waals surface area contributed by atoms with Crippen molar-refractivity contribution in [1.29, 1.82) is 0 Å². The van der Waals surface area contributed by atoms with E-state index in [9.17, 15) is 4.79 Å². The van der Waals surface area contributed by atoms with Gasteiger partial charge in [-0.25, -0.2) is 0 Å². The minimum Gasteiger partial charge on any atom is -0.454 e. The van der Waals surface area contributed by atoms with Crippen molar-refractivity contribution in [2.75, 3.05) is 12.1 Å². The van der Waals surface area contributed by atoms with Crippen LogP contribution in [0.4, 0.5) is 5.69 Å². The largest absolute Gasteiger partial charge is 0.454 e. The van der Waals surface area contributed by atoms with E-state index in [0.29, 0.717) is 22.2 Å². The van der Waals surface area contributed by atoms with Crippen LogP contribution in [0.5, 0.6) is 11.5 Å². The SMILES string of the molecule is C[C@@H](O/N=C\c1ccc2c(c1)OCO2)C(=O)Nc1cccc(Cl)c1. The van der Waals surface area contributed by atoms with Crippen LogP contribution in [-0.2, 0) is 9.63 Å². The third-order valence-electron chi connectivity index (χ3n) is 3.28. The Labute approximate surface area is 144 Å². The molecule has 2 aromatic carbocycles. The smallest absolute Gasteiger partial charge is 0.267 e. The first-order valence-electron chi connectivity index (χ1n) is 7.27. The van der Waals surface area contributed by atoms with E-state index in [0.717, 1.165) is 5.56 Å². The summed E-state index contributed by atoms with van der Waals surface area (Å²) < 4.78 is 10.5. The van der Waals surface area contributed by atoms with E-state index in [-0.39, 0.29) is 12.7 Å². The molecule has 1 amide bonds. The van der Waals surface area contributed by atoms with E-state index in [1.165, 1.54) is 6.21 Å². The molecule has 0 aromatic heterocycles. The Kier molecular flexibility index (Phi) is 4.86. The van der Waals surface area contributed by atoms with E-state index in [1.807, 2.05) is 6.07 Å². The van der Waals surface area contributed by atoms with Crippen LogP contribution in [0.2, 0.25) is 5.02 Å². The van der Waals surface area contributed by atoms with Gasteiger partial charge in [-0.1, -0.05) is 22.8 Å². The number of carbonyl (C=O) groups is 1. The van der Waals surface area contributed by atoms with Gasteiger partial charge in [-0.05, 0) is 43.3 Å². The highest BCUT2D eigenvalue weighted by molar-refractivity contribution is 6.30. The lowest BCUT2D eigenvalue weighted by Gasteiger charge is -2.10. The average molecular weight is 347 g/mol. The topological polar surface area (TPSA) is 69.1 Å². The summed E-state index contributed by atoms with van der Waals surface area (Å²) in [6, 6.07) is 12.3. The lowest BCUT2D eigenvalue weighted by atomic mass is 10.2. The molecule has 7 heteroatoms. The summed E-state index contributed by atoms with van der Waals surface area (Å²) in [7, 11) is 0. The van der Waals surface area contributed by atoms with Gasteiger partial charge >= 0.3 is 0 Å². The van der Waals surface area contributed by atoms with Crippen LogP contribution in [0.1, 0.15) is 12.5 Å². The van der Waals surface area contributed by atoms with Gasteiger partial charge < -0.3 is 19.6 Å². The predicted molar refractivity (Wildman–Crippen MR) is 90.8 cm³/mol. The summed E-state index contributed by atoms with van der Waals surface area (Å²) in [6.07, 6.45) is 0.750. The number of nitrogens with one attached hydrogen (secondary N) is 1. The molecule has 1 N–H and O–H groups in total. The highest BCUT2D eigenvalue weighted by Crippen LogP contribution is 2.31. The van der Waals surface area contributed by atoms with Crippen molar-refractivity contribution >= 4 is 29.4 Å². The predicted octanol–water partition coefficient (Wildman–Crippen LogP) is 3.45. The van der Waals surface area contributed by atoms with Crippen LogP contribution >= 0.6 is 11.6 Å². The van der Waals surface area contributed by atoms with Gasteiger partial charge in [0.05, 0.1) is 6.21 Å². The number of anilines is 1. The third kappa shape index (κ3) is 3.97. The van der Waals surface area contributed by atoms with Crippen LogP contribution < -0.4 is 14.8 Å². The standard InChI is InChI=1S/C17H15ClN2O4/c1-11(17(21)20-14-4-2-3-13(18)8-14)24-19-9-12-5-6-15-16(7-12)23-10-22-15/h2-9,11H,10H2,1H3,(H,20,21)/b19-9-/t11-/m1/s1. The Morgan fingerprint density at radius 1 is 1.29 bits per heavy atom. The lowest BCUT2D eigenvalue weighted by molar-refractivity contribution is -0.126. The Morgan fingerprint density at radius 2 is 2.12 bits per heavy atom. The molecule has 6 nitrogen and oxygen atoms in total. The number of amides is 1. The van der Waals surface area contributed by atoms with Crippen LogP contribution in [0.3, 0.4) is 0 Å². The summed E-state index contributed by atoms with van der Waals surface area (Å²) in [5, 5.41) is 7.09. The average Bonchev–Trinajstić information content (AvgIpc) is 3.02. The quantitative estimate of drug-likeness (QED) is 0.665. The number of hydrogen-bond acceptors (Lipinski definition) is 5. The number of ether oxygens (including phenoxy) is 2. The maximum Gasteiger partial charge on any atom is 0.267 e. The Balaban J connectivity index is 1.54. The van der Waals surface area contributed by atoms with Crippen molar-refractivity contribution < 1.29 is 19.1 Å². The summed E-state index contributed by atoms with van der Waals surface area (Å²) in [5.41, 5.74) is 1.38. The van der Waals surface area contributed by atoms with Gasteiger partial charge in [0.25, 0.3) is 5.91 Å². The monoisotopic (exact) mass is 346 g/mol. The van der Waals surface area contributed by atoms with E-state index in [2.05, 4.69) is 10.5 Å². The van der Waals surface area contributed by atoms with Crippen molar-refractivity contribution in [3.8, 4) is 11.5 Å². The second-order valence-corrected chi connectivity index (χ2v) is 5.53. The van der Waals surface area contributed by atoms with Gasteiger partial charge in [-0.3, -0.25) is 4.79 Å². The molecule has 1 heterocycles. The van der Waals surface area contributed by atoms with E-state index >= 15 is 0 Å². The van der Waals surface area contributed by atoms with E-state index in [1.54, 1.807) is 43.3 Å². The first kappa shape index (κ1) is 16.1. The van der Waals surface area contributed by atoms with Gasteiger partial charge in [-0.2, -0.15) is 0 Å². The molecular weight excluding hydrogens is 332 g/mol. The van der Waals surface area contributed by atoms with Gasteiger partial charge in [0.1, 0.15) is 0 Å². The molecule has 0 saturated heterocycles. The molecule has 124 valence electrons. The lowest BCUT2D eigenvalue weighted by Crippen LogP contribution is -2.26. The summed E-state index contributed by atoms with van der Waals surface area (Å²) in [4.78, 5) is 17.2. The molecule has 0 bridgehead atoms. The third-order valence-corrected chi connectivity index (χ3v) is 3.51. The summed E-state index contributed by atoms with van der Waals surface area (Å²) >= 11 is 5.87. The number of oxime groups is 1. The number of carbonyl (C=O) groups excluding carboxylic acids is 1. The molecule has 1 atom stereocenters. The number of fused-ring (bicyclic) bond motifs is 1. The molecule has 0 saturated carbocycles. The number of nitrogens with zero attached hydrogens (tertiary/aromatic N) is 1. The maximum atomic E-state index is 12.0. The highest BCUT2D eigenvalue weighted by Gasteiger charge is 2.15. The number of halogens is 1. The minimum atomic E-state index is -0.755. The van der Waals surface area contributed by atoms with Crippen molar-refractivity contribution in [2.24, 2.45) is 5.16 Å². The maximum absolute atomic E-state index is 12.0. The normalized spacial score (nSPS) is 13.8. The molecule has 0 unspecified atom stereocenters. The van der Waals surface area contributed by atoms with E-state index in [4.69, 9.17) is 25.9 Å². The zero-order chi connectivity index (χ0) is 16.9. The molecule has 1 aliphatic rings. The molecule has 24 heavy (non-hydrogen) atoms. The molecule has 1 aliphatic heterocycles. The second kappa shape index (κ2) is 7.23. The zero-order valence-electron chi connectivity index (χ0n) is 12.9. The van der Waals surface area contributed by atoms with Crippen molar-refractivity contribution in [3.05, 3.63) is 53.1 Å². The van der Waals surface area contributed by atoms with E-state index < -0.39 is 6.10 Å². The highest BCUT2D eigenvalue weighted by atomic mass is 35.5. The Bertz CT molecular complexity index is 779. The zero-order valence-corrected chi connectivity index (χ0v) is 13.6. The van der Waals surface area contributed by atoms with Gasteiger partial charge in [0, 0.05) is 16.3 Å². The van der Waals surface area contributed by atoms with Gasteiger partial charge in [0.2, 0.25) is 12.9 Å². The number of hydrogen-bond donors (Lipinski definition) is 1. The molecule has 0 aliphatic carbocycles. The first-order valence-corrected chi connectivity index (χ1v) is 7.65. The van der Waals surface area contributed by atoms with Crippen molar-refractivity contribution in [2.45, 2.75) is 13.0 Å². The molecule has 0 spiro atoms. The minimum absolute atomic E-state index is 0.215. The van der Waals surface area contributed by atoms with Crippen LogP contribution in [0.15, 0.2) is 47.6 Å². The number of benzene rings is 2. The van der Waals surface area contributed by atoms with Crippen molar-refractivity contribution in [3.63, 3.8) is 0 Å². The molecular formula is C17H15ClN2O4. The molecule has 0 fully saturated rings. The molecule has 3 rings (SSSR count). The van der Waals surface area contributed by atoms with Crippen LogP contribution in [0.25, 0.3) is 0 Å². The molecule has 0 radical (unpaired) electrons. The van der Waals surface area contributed by atoms with Crippen LogP contribution in [0, 0.1) is 0 Å². The number of rotatable bonds is 5. The first-order chi connectivity index (χ1) is 11.6. The Hall–Kier alpha value is -2.73. The second-order valence-electron chi connectivity index (χ2n) is 5.09. The van der Waals surface area contributed by atoms with Gasteiger partial charge in [0.15, 0.2) is 11.5 Å². The summed E-state index contributed by atoms with van der Waals surface area (Å²) in [5.74, 6) is 1.04. The summed E-state index contributed by atoms with van der Waals surface area (Å²) in [6.45, 7) is 1.82. The van der Waals surface area contributed by atoms with Crippen molar-refractivity contribution in [1.82, 2.24) is 0 Å². The fourth-order valence-corrected chi connectivity index (χ4v) is 2.22. The van der Waals surface area contributed by atoms with Crippen LogP contribution in [-0.4, -0.2) is 25.0 Å². The fourth-order valence-electron chi connectivity index (χ4n) is 2.03. The fraction of sp³-hybridized carbons (Fsp3) is 0.176.